The second-order valence-electron chi connectivity index (χ2n) is 8.94. The van der Waals surface area contributed by atoms with Crippen LogP contribution in [0.2, 0.25) is 10.0 Å². The zero-order chi connectivity index (χ0) is 27.1. The number of nitrogens with zero attached hydrogens (tertiary/aromatic N) is 3. The number of amides is 1. The van der Waals surface area contributed by atoms with Gasteiger partial charge in [0, 0.05) is 17.1 Å². The van der Waals surface area contributed by atoms with E-state index in [1.165, 1.54) is 0 Å². The van der Waals surface area contributed by atoms with E-state index in [1.807, 2.05) is 50.2 Å². The Morgan fingerprint density at radius 2 is 1.84 bits per heavy atom. The van der Waals surface area contributed by atoms with Crippen LogP contribution in [0, 0.1) is 0 Å². The molecule has 38 heavy (non-hydrogen) atoms. The van der Waals surface area contributed by atoms with E-state index < -0.39 is 18.9 Å². The van der Waals surface area contributed by atoms with E-state index in [4.69, 9.17) is 42.6 Å². The molecule has 0 saturated carbocycles. The molecule has 2 aromatic carbocycles. The number of nitrogens with one attached hydrogen (secondary N) is 1. The molecule has 1 saturated heterocycles. The average Bonchev–Trinajstić information content (AvgIpc) is 3.33. The lowest BCUT2D eigenvalue weighted by molar-refractivity contribution is 0.0424. The fourth-order valence-corrected chi connectivity index (χ4v) is 4.92. The number of halogens is 3. The predicted molar refractivity (Wildman–Crippen MR) is 148 cm³/mol. The van der Waals surface area contributed by atoms with E-state index in [-0.39, 0.29) is 25.8 Å². The molecule has 4 rings (SSSR count). The van der Waals surface area contributed by atoms with Crippen molar-refractivity contribution in [3.05, 3.63) is 75.5 Å². The van der Waals surface area contributed by atoms with Crippen LogP contribution in [0.4, 0.5) is 15.0 Å². The maximum Gasteiger partial charge on any atom is 0.410 e. The zero-order valence-electron chi connectivity index (χ0n) is 21.4. The molecular formula is C28H31Cl2FN4O3. The Hall–Kier alpha value is -2.94. The van der Waals surface area contributed by atoms with Gasteiger partial charge in [-0.25, -0.2) is 19.2 Å². The van der Waals surface area contributed by atoms with E-state index in [2.05, 4.69) is 5.32 Å². The van der Waals surface area contributed by atoms with Crippen LogP contribution in [0.15, 0.2) is 48.5 Å². The molecule has 1 aliphatic rings. The summed E-state index contributed by atoms with van der Waals surface area (Å²) in [5.41, 5.74) is 3.89. The predicted octanol–water partition coefficient (Wildman–Crippen LogP) is 6.36. The van der Waals surface area contributed by atoms with Crippen molar-refractivity contribution in [2.45, 2.75) is 45.4 Å². The summed E-state index contributed by atoms with van der Waals surface area (Å²) in [6, 6.07) is 14.5. The Balaban J connectivity index is 1.54. The molecule has 2 atom stereocenters. The third-order valence-corrected chi connectivity index (χ3v) is 6.90. The highest BCUT2D eigenvalue weighted by atomic mass is 35.5. The second kappa shape index (κ2) is 13.2. The van der Waals surface area contributed by atoms with Gasteiger partial charge in [0.05, 0.1) is 47.4 Å². The molecule has 7 nitrogen and oxygen atoms in total. The minimum atomic E-state index is -0.613. The smallest absolute Gasteiger partial charge is 0.410 e. The first-order chi connectivity index (χ1) is 18.4. The molecule has 2 heterocycles. The molecule has 0 bridgehead atoms. The van der Waals surface area contributed by atoms with E-state index in [1.54, 1.807) is 17.0 Å². The monoisotopic (exact) mass is 560 g/mol. The Kier molecular flexibility index (Phi) is 9.77. The minimum Gasteiger partial charge on any atom is -0.445 e. The van der Waals surface area contributed by atoms with E-state index in [0.717, 1.165) is 22.5 Å². The number of carbonyl (C=O) groups is 1. The molecule has 10 heteroatoms. The molecule has 202 valence electrons. The number of alkyl halides is 1. The molecule has 3 aromatic rings. The van der Waals surface area contributed by atoms with Gasteiger partial charge in [0.1, 0.15) is 19.1 Å². The van der Waals surface area contributed by atoms with Gasteiger partial charge in [-0.2, -0.15) is 0 Å². The highest BCUT2D eigenvalue weighted by Crippen LogP contribution is 2.33. The molecule has 1 aliphatic heterocycles. The number of ether oxygens (including phenoxy) is 2. The van der Waals surface area contributed by atoms with E-state index in [0.29, 0.717) is 40.9 Å². The fourth-order valence-electron chi connectivity index (χ4n) is 4.42. The summed E-state index contributed by atoms with van der Waals surface area (Å²) in [7, 11) is 0. The van der Waals surface area contributed by atoms with Crippen molar-refractivity contribution in [2.75, 3.05) is 31.7 Å². The van der Waals surface area contributed by atoms with E-state index >= 15 is 0 Å². The van der Waals surface area contributed by atoms with E-state index in [9.17, 15) is 9.18 Å². The maximum atomic E-state index is 13.0. The molecule has 1 aromatic heterocycles. The molecular weight excluding hydrogens is 530 g/mol. The van der Waals surface area contributed by atoms with Gasteiger partial charge >= 0.3 is 6.09 Å². The molecule has 1 fully saturated rings. The van der Waals surface area contributed by atoms with Crippen LogP contribution in [0.1, 0.15) is 30.8 Å². The summed E-state index contributed by atoms with van der Waals surface area (Å²) in [5, 5.41) is 4.48. The van der Waals surface area contributed by atoms with Gasteiger partial charge in [-0.05, 0) is 36.6 Å². The quantitative estimate of drug-likeness (QED) is 0.310. The first kappa shape index (κ1) is 28.1. The minimum absolute atomic E-state index is 0.0592. The topological polar surface area (TPSA) is 76.6 Å². The summed E-state index contributed by atoms with van der Waals surface area (Å²) in [6.07, 6.45) is 0.362. The van der Waals surface area contributed by atoms with Gasteiger partial charge < -0.3 is 19.7 Å². The number of hydrogen-bond donors (Lipinski definition) is 1. The first-order valence-corrected chi connectivity index (χ1v) is 13.4. The van der Waals surface area contributed by atoms with Crippen molar-refractivity contribution in [3.8, 4) is 11.3 Å². The summed E-state index contributed by atoms with van der Waals surface area (Å²) < 4.78 is 24.2. The average molecular weight is 561 g/mol. The van der Waals surface area contributed by atoms with Gasteiger partial charge in [0.25, 0.3) is 0 Å². The summed E-state index contributed by atoms with van der Waals surface area (Å²) in [4.78, 5) is 24.2. The third-order valence-electron chi connectivity index (χ3n) is 6.36. The van der Waals surface area contributed by atoms with Gasteiger partial charge in [-0.1, -0.05) is 67.4 Å². The highest BCUT2D eigenvalue weighted by molar-refractivity contribution is 6.36. The normalized spacial score (nSPS) is 17.0. The van der Waals surface area contributed by atoms with Crippen molar-refractivity contribution in [1.82, 2.24) is 14.9 Å². The van der Waals surface area contributed by atoms with Gasteiger partial charge in [0.2, 0.25) is 0 Å². The van der Waals surface area contributed by atoms with Crippen molar-refractivity contribution >= 4 is 35.1 Å². The number of anilines is 1. The van der Waals surface area contributed by atoms with Crippen LogP contribution >= 0.6 is 23.2 Å². The third kappa shape index (κ3) is 6.73. The molecule has 1 N–H and O–H groups in total. The number of likely N-dealkylation sites (tertiary alicyclic amines) is 1. The van der Waals surface area contributed by atoms with Crippen LogP contribution in [-0.2, 0) is 28.9 Å². The summed E-state index contributed by atoms with van der Waals surface area (Å²) in [5.74, 6) is 0.608. The number of aromatic nitrogens is 2. The van der Waals surface area contributed by atoms with Crippen LogP contribution in [-0.4, -0.2) is 59.5 Å². The van der Waals surface area contributed by atoms with Crippen molar-refractivity contribution in [1.29, 1.82) is 0 Å². The highest BCUT2D eigenvalue weighted by Gasteiger charge is 2.37. The Labute approximate surface area is 232 Å². The lowest BCUT2D eigenvalue weighted by Crippen LogP contribution is -2.36. The first-order valence-electron chi connectivity index (χ1n) is 12.7. The lowest BCUT2D eigenvalue weighted by atomic mass is 10.1. The van der Waals surface area contributed by atoms with Gasteiger partial charge in [0.15, 0.2) is 0 Å². The number of rotatable bonds is 10. The number of benzene rings is 2. The van der Waals surface area contributed by atoms with Crippen molar-refractivity contribution in [2.24, 2.45) is 0 Å². The zero-order valence-corrected chi connectivity index (χ0v) is 22.9. The summed E-state index contributed by atoms with van der Waals surface area (Å²) in [6.45, 7) is 4.09. The van der Waals surface area contributed by atoms with Crippen LogP contribution in [0.25, 0.3) is 11.3 Å². The number of hydrogen-bond acceptors (Lipinski definition) is 6. The molecule has 0 spiro atoms. The van der Waals surface area contributed by atoms with Crippen molar-refractivity contribution in [3.63, 3.8) is 0 Å². The van der Waals surface area contributed by atoms with Crippen LogP contribution in [0.5, 0.6) is 0 Å². The standard InChI is InChI=1S/C28H31Cl2FN4O3/c1-3-22-26(20-11-10-19(29)14-21(20)30)32-23(4-2)27(33-22)34-24-15-35(16-25(24)37-13-12-31)28(36)38-17-18-8-6-5-7-9-18/h5-11,14,24-25H,3-4,12-13,15-17H2,1-2H3,(H,33,34)/t24-,25+/m1/s1. The molecule has 1 amide bonds. The molecule has 0 aliphatic carbocycles. The van der Waals surface area contributed by atoms with Gasteiger partial charge in [-0.3, -0.25) is 0 Å². The molecule has 0 radical (unpaired) electrons. The number of carbonyl (C=O) groups excluding carboxylic acids is 1. The number of aryl methyl sites for hydroxylation is 2. The second-order valence-corrected chi connectivity index (χ2v) is 9.78. The Bertz CT molecular complexity index is 1250. The van der Waals surface area contributed by atoms with Gasteiger partial charge in [-0.15, -0.1) is 0 Å². The van der Waals surface area contributed by atoms with Crippen LogP contribution < -0.4 is 5.32 Å². The van der Waals surface area contributed by atoms with Crippen LogP contribution in [0.3, 0.4) is 0 Å². The lowest BCUT2D eigenvalue weighted by Gasteiger charge is -2.22. The van der Waals surface area contributed by atoms with Crippen molar-refractivity contribution < 1.29 is 18.7 Å². The largest absolute Gasteiger partial charge is 0.445 e. The SMILES string of the molecule is CCc1nc(-c2ccc(Cl)cc2Cl)c(CC)nc1N[C@@H]1CN(C(=O)OCc2ccccc2)C[C@@H]1OCCF. The maximum absolute atomic E-state index is 13.0. The Morgan fingerprint density at radius 3 is 2.53 bits per heavy atom. The molecule has 0 unspecified atom stereocenters. The fraction of sp³-hybridized carbons (Fsp3) is 0.393. The summed E-state index contributed by atoms with van der Waals surface area (Å²) >= 11 is 12.6. The Morgan fingerprint density at radius 1 is 1.08 bits per heavy atom.